The number of fused-ring (bicyclic) bond motifs is 1. The van der Waals surface area contributed by atoms with Gasteiger partial charge in [-0.25, -0.2) is 4.79 Å². The van der Waals surface area contributed by atoms with Crippen molar-refractivity contribution < 1.29 is 9.90 Å². The molecular formula is C12H17N5O4. The van der Waals surface area contributed by atoms with Crippen LogP contribution < -0.4 is 16.6 Å². The quantitative estimate of drug-likeness (QED) is 0.572. The van der Waals surface area contributed by atoms with E-state index in [0.717, 1.165) is 12.8 Å². The van der Waals surface area contributed by atoms with Crippen LogP contribution in [-0.2, 0) is 11.3 Å². The Labute approximate surface area is 119 Å². The van der Waals surface area contributed by atoms with Crippen molar-refractivity contribution in [2.45, 2.75) is 32.7 Å². The molecule has 0 saturated heterocycles. The van der Waals surface area contributed by atoms with Gasteiger partial charge in [-0.15, -0.1) is 0 Å². The van der Waals surface area contributed by atoms with Gasteiger partial charge < -0.3 is 15.4 Å². The van der Waals surface area contributed by atoms with Crippen molar-refractivity contribution in [1.29, 1.82) is 0 Å². The van der Waals surface area contributed by atoms with E-state index >= 15 is 0 Å². The highest BCUT2D eigenvalue weighted by Crippen LogP contribution is 2.09. The molecular weight excluding hydrogens is 278 g/mol. The zero-order valence-corrected chi connectivity index (χ0v) is 11.6. The summed E-state index contributed by atoms with van der Waals surface area (Å²) in [7, 11) is 0. The lowest BCUT2D eigenvalue weighted by atomic mass is 10.3. The number of nitrogens with zero attached hydrogens (tertiary/aromatic N) is 2. The fourth-order valence-electron chi connectivity index (χ4n) is 1.94. The van der Waals surface area contributed by atoms with Crippen LogP contribution in [0.3, 0.4) is 0 Å². The summed E-state index contributed by atoms with van der Waals surface area (Å²) in [5.74, 6) is -0.663. The lowest BCUT2D eigenvalue weighted by Crippen LogP contribution is -2.30. The number of rotatable bonds is 7. The zero-order chi connectivity index (χ0) is 15.4. The molecule has 0 amide bonds. The fourth-order valence-corrected chi connectivity index (χ4v) is 1.94. The van der Waals surface area contributed by atoms with Gasteiger partial charge in [0.1, 0.15) is 0 Å². The highest BCUT2D eigenvalue weighted by Gasteiger charge is 2.12. The van der Waals surface area contributed by atoms with Crippen LogP contribution in [0.1, 0.15) is 26.2 Å². The number of aliphatic carboxylic acids is 1. The third kappa shape index (κ3) is 3.30. The molecule has 4 N–H and O–H groups in total. The predicted octanol–water partition coefficient (Wildman–Crippen LogP) is 0.0996. The van der Waals surface area contributed by atoms with Gasteiger partial charge in [-0.05, 0) is 6.42 Å². The van der Waals surface area contributed by atoms with E-state index in [1.807, 2.05) is 6.92 Å². The highest BCUT2D eigenvalue weighted by molar-refractivity contribution is 5.73. The van der Waals surface area contributed by atoms with Crippen molar-refractivity contribution in [3.05, 3.63) is 20.8 Å². The number of hydrogen-bond donors (Lipinski definition) is 4. The Bertz CT molecular complexity index is 757. The maximum atomic E-state index is 11.8. The summed E-state index contributed by atoms with van der Waals surface area (Å²) in [6.07, 6.45) is 1.62. The van der Waals surface area contributed by atoms with E-state index in [1.165, 1.54) is 4.57 Å². The van der Waals surface area contributed by atoms with E-state index in [2.05, 4.69) is 20.3 Å². The topological polar surface area (TPSA) is 133 Å². The van der Waals surface area contributed by atoms with Gasteiger partial charge in [-0.3, -0.25) is 19.1 Å². The smallest absolute Gasteiger partial charge is 0.330 e. The molecule has 21 heavy (non-hydrogen) atoms. The zero-order valence-electron chi connectivity index (χ0n) is 11.6. The van der Waals surface area contributed by atoms with Crippen LogP contribution in [0.15, 0.2) is 9.59 Å². The van der Waals surface area contributed by atoms with Crippen molar-refractivity contribution >= 4 is 23.1 Å². The van der Waals surface area contributed by atoms with Gasteiger partial charge in [0.2, 0.25) is 5.95 Å². The van der Waals surface area contributed by atoms with Crippen LogP contribution in [0, 0.1) is 0 Å². The number of aryl methyl sites for hydroxylation is 1. The molecule has 2 aromatic heterocycles. The highest BCUT2D eigenvalue weighted by atomic mass is 16.4. The van der Waals surface area contributed by atoms with Crippen LogP contribution in [0.25, 0.3) is 11.2 Å². The molecule has 0 atom stereocenters. The number of hydrogen-bond acceptors (Lipinski definition) is 5. The number of nitrogens with one attached hydrogen (secondary N) is 3. The second-order valence-electron chi connectivity index (χ2n) is 4.62. The largest absolute Gasteiger partial charge is 0.481 e. The SMILES string of the molecule is CCCCn1c(=O)[nH]c(=O)c2[nH]c(NCCC(=O)O)nc21. The molecule has 0 radical (unpaired) electrons. The molecule has 0 aromatic carbocycles. The summed E-state index contributed by atoms with van der Waals surface area (Å²) in [5.41, 5.74) is -0.565. The number of carbonyl (C=O) groups is 1. The molecule has 0 saturated carbocycles. The van der Waals surface area contributed by atoms with E-state index in [0.29, 0.717) is 6.54 Å². The van der Waals surface area contributed by atoms with Crippen molar-refractivity contribution in [2.24, 2.45) is 0 Å². The molecule has 114 valence electrons. The molecule has 0 spiro atoms. The molecule has 0 unspecified atom stereocenters. The first-order valence-corrected chi connectivity index (χ1v) is 6.71. The van der Waals surface area contributed by atoms with Crippen LogP contribution >= 0.6 is 0 Å². The third-order valence-corrected chi connectivity index (χ3v) is 3.00. The van der Waals surface area contributed by atoms with E-state index in [4.69, 9.17) is 5.11 Å². The maximum Gasteiger partial charge on any atom is 0.330 e. The summed E-state index contributed by atoms with van der Waals surface area (Å²) >= 11 is 0. The van der Waals surface area contributed by atoms with Crippen LogP contribution in [-0.4, -0.2) is 37.1 Å². The number of unbranched alkanes of at least 4 members (excludes halogenated alkanes) is 1. The Kier molecular flexibility index (Phi) is 4.41. The number of carboxylic acid groups (broad SMARTS) is 1. The standard InChI is InChI=1S/C12H17N5O4/c1-2-3-6-17-9-8(10(20)16-12(17)21)14-11(15-9)13-5-4-7(18)19/h2-6H2,1H3,(H,18,19)(H2,13,14,15)(H,16,20,21). The number of anilines is 1. The summed E-state index contributed by atoms with van der Waals surface area (Å²) in [4.78, 5) is 43.2. The van der Waals surface area contributed by atoms with Gasteiger partial charge in [0, 0.05) is 13.1 Å². The van der Waals surface area contributed by atoms with E-state index in [9.17, 15) is 14.4 Å². The van der Waals surface area contributed by atoms with Crippen molar-refractivity contribution in [3.8, 4) is 0 Å². The number of aromatic nitrogens is 4. The Morgan fingerprint density at radius 2 is 2.14 bits per heavy atom. The van der Waals surface area contributed by atoms with Gasteiger partial charge in [0.15, 0.2) is 11.2 Å². The molecule has 0 aliphatic carbocycles. The van der Waals surface area contributed by atoms with E-state index < -0.39 is 17.2 Å². The monoisotopic (exact) mass is 295 g/mol. The number of carboxylic acids is 1. The van der Waals surface area contributed by atoms with Gasteiger partial charge in [0.25, 0.3) is 5.56 Å². The first kappa shape index (κ1) is 14.8. The van der Waals surface area contributed by atoms with Crippen molar-refractivity contribution in [3.63, 3.8) is 0 Å². The first-order chi connectivity index (χ1) is 10.0. The molecule has 9 heteroatoms. The van der Waals surface area contributed by atoms with Crippen molar-refractivity contribution in [1.82, 2.24) is 19.5 Å². The predicted molar refractivity (Wildman–Crippen MR) is 76.6 cm³/mol. The number of H-pyrrole nitrogens is 2. The molecule has 0 bridgehead atoms. The van der Waals surface area contributed by atoms with Crippen LogP contribution in [0.2, 0.25) is 0 Å². The lowest BCUT2D eigenvalue weighted by Gasteiger charge is -2.03. The molecule has 9 nitrogen and oxygen atoms in total. The van der Waals surface area contributed by atoms with Gasteiger partial charge in [-0.2, -0.15) is 4.98 Å². The van der Waals surface area contributed by atoms with Gasteiger partial charge in [-0.1, -0.05) is 13.3 Å². The van der Waals surface area contributed by atoms with E-state index in [-0.39, 0.29) is 30.1 Å². The summed E-state index contributed by atoms with van der Waals surface area (Å²) in [6, 6.07) is 0. The molecule has 2 rings (SSSR count). The van der Waals surface area contributed by atoms with Gasteiger partial charge in [0.05, 0.1) is 6.42 Å². The minimum atomic E-state index is -0.934. The fraction of sp³-hybridized carbons (Fsp3) is 0.500. The summed E-state index contributed by atoms with van der Waals surface area (Å²) in [5, 5.41) is 11.4. The molecule has 0 fully saturated rings. The average Bonchev–Trinajstić information content (AvgIpc) is 2.82. The summed E-state index contributed by atoms with van der Waals surface area (Å²) < 4.78 is 1.40. The second kappa shape index (κ2) is 6.25. The minimum Gasteiger partial charge on any atom is -0.481 e. The van der Waals surface area contributed by atoms with Crippen LogP contribution in [0.5, 0.6) is 0 Å². The maximum absolute atomic E-state index is 11.8. The minimum absolute atomic E-state index is 0.0734. The first-order valence-electron chi connectivity index (χ1n) is 6.71. The number of aromatic amines is 2. The average molecular weight is 295 g/mol. The van der Waals surface area contributed by atoms with Crippen molar-refractivity contribution in [2.75, 3.05) is 11.9 Å². The Hall–Kier alpha value is -2.58. The number of imidazole rings is 1. The normalized spacial score (nSPS) is 10.9. The van der Waals surface area contributed by atoms with E-state index in [1.54, 1.807) is 0 Å². The lowest BCUT2D eigenvalue weighted by molar-refractivity contribution is -0.136. The molecule has 2 heterocycles. The third-order valence-electron chi connectivity index (χ3n) is 3.00. The molecule has 0 aliphatic rings. The second-order valence-corrected chi connectivity index (χ2v) is 4.62. The summed E-state index contributed by atoms with van der Waals surface area (Å²) in [6.45, 7) is 2.63. The molecule has 2 aromatic rings. The Morgan fingerprint density at radius 1 is 1.38 bits per heavy atom. The Balaban J connectivity index is 2.35. The van der Waals surface area contributed by atoms with Crippen LogP contribution in [0.4, 0.5) is 5.95 Å². The van der Waals surface area contributed by atoms with Gasteiger partial charge >= 0.3 is 11.7 Å². The Morgan fingerprint density at radius 3 is 2.81 bits per heavy atom. The molecule has 0 aliphatic heterocycles.